The van der Waals surface area contributed by atoms with Crippen LogP contribution in [-0.4, -0.2) is 30.2 Å². The summed E-state index contributed by atoms with van der Waals surface area (Å²) in [5, 5.41) is 17.3. The first-order chi connectivity index (χ1) is 12.1. The number of rotatable bonds is 7. The Morgan fingerprint density at radius 2 is 1.92 bits per heavy atom. The van der Waals surface area contributed by atoms with Crippen LogP contribution in [0.1, 0.15) is 18.9 Å². The molecule has 0 unspecified atom stereocenters. The molecule has 0 aliphatic carbocycles. The Labute approximate surface area is 152 Å². The third kappa shape index (κ3) is 5.96. The van der Waals surface area contributed by atoms with Gasteiger partial charge in [0.15, 0.2) is 5.11 Å². The normalized spacial score (nSPS) is 10.5. The zero-order valence-electron chi connectivity index (χ0n) is 14.2. The summed E-state index contributed by atoms with van der Waals surface area (Å²) in [5.74, 6) is 1.48. The molecule has 0 fully saturated rings. The van der Waals surface area contributed by atoms with Gasteiger partial charge < -0.3 is 19.9 Å². The van der Waals surface area contributed by atoms with Crippen LogP contribution in [-0.2, 0) is 0 Å². The zero-order valence-corrected chi connectivity index (χ0v) is 15.0. The summed E-state index contributed by atoms with van der Waals surface area (Å²) in [6, 6.07) is 12.4. The fourth-order valence-electron chi connectivity index (χ4n) is 1.94. The Morgan fingerprint density at radius 3 is 2.56 bits per heavy atom. The number of hydrogen-bond donors (Lipinski definition) is 3. The number of phenolic OH excluding ortho intramolecular Hbond substituents is 1. The highest BCUT2D eigenvalue weighted by Crippen LogP contribution is 2.22. The molecule has 2 aromatic rings. The highest BCUT2D eigenvalue weighted by molar-refractivity contribution is 7.80. The van der Waals surface area contributed by atoms with Crippen LogP contribution in [0.4, 0.5) is 5.69 Å². The lowest BCUT2D eigenvalue weighted by Crippen LogP contribution is -2.23. The molecule has 0 heterocycles. The monoisotopic (exact) mass is 359 g/mol. The first-order valence-electron chi connectivity index (χ1n) is 7.82. The first-order valence-corrected chi connectivity index (χ1v) is 8.23. The average molecular weight is 359 g/mol. The maximum absolute atomic E-state index is 9.98. The number of anilines is 1. The summed E-state index contributed by atoms with van der Waals surface area (Å²) >= 11 is 5.16. The molecule has 6 nitrogen and oxygen atoms in total. The number of methoxy groups -OCH3 is 1. The molecule has 0 spiro atoms. The van der Waals surface area contributed by atoms with Crippen LogP contribution >= 0.6 is 12.2 Å². The van der Waals surface area contributed by atoms with Crippen LogP contribution in [0, 0.1) is 0 Å². The molecule has 3 N–H and O–H groups in total. The van der Waals surface area contributed by atoms with Crippen molar-refractivity contribution in [1.29, 1.82) is 0 Å². The van der Waals surface area contributed by atoms with Crippen LogP contribution < -0.4 is 20.2 Å². The van der Waals surface area contributed by atoms with Crippen LogP contribution in [0.25, 0.3) is 0 Å². The van der Waals surface area contributed by atoms with Crippen molar-refractivity contribution in [3.63, 3.8) is 0 Å². The number of hydrogen-bond acceptors (Lipinski definition) is 5. The smallest absolute Gasteiger partial charge is 0.191 e. The van der Waals surface area contributed by atoms with E-state index in [9.17, 15) is 5.11 Å². The van der Waals surface area contributed by atoms with Crippen molar-refractivity contribution in [2.75, 3.05) is 19.0 Å². The largest absolute Gasteiger partial charge is 0.507 e. The van der Waals surface area contributed by atoms with Gasteiger partial charge in [-0.1, -0.05) is 6.92 Å². The number of phenols is 1. The second kappa shape index (κ2) is 9.48. The summed E-state index contributed by atoms with van der Waals surface area (Å²) in [6.07, 6.45) is 2.40. The molecule has 0 aliphatic heterocycles. The second-order valence-corrected chi connectivity index (χ2v) is 5.53. The summed E-state index contributed by atoms with van der Waals surface area (Å²) < 4.78 is 10.6. The summed E-state index contributed by atoms with van der Waals surface area (Å²) in [4.78, 5) is 0. The molecule has 2 aromatic carbocycles. The Kier molecular flexibility index (Phi) is 7.03. The fraction of sp³-hybridized carbons (Fsp3) is 0.222. The molecule has 7 heteroatoms. The fourth-order valence-corrected chi connectivity index (χ4v) is 2.11. The molecule has 25 heavy (non-hydrogen) atoms. The van der Waals surface area contributed by atoms with Crippen LogP contribution in [0.15, 0.2) is 47.6 Å². The SMILES string of the molecule is CCCOc1ccc(/C=N/NC(=S)Nc2ccc(OC)cc2)c(O)c1. The van der Waals surface area contributed by atoms with E-state index in [2.05, 4.69) is 15.8 Å². The molecule has 0 bridgehead atoms. The molecule has 2 rings (SSSR count). The zero-order chi connectivity index (χ0) is 18.1. The van der Waals surface area contributed by atoms with Gasteiger partial charge in [-0.15, -0.1) is 0 Å². The van der Waals surface area contributed by atoms with Gasteiger partial charge >= 0.3 is 0 Å². The lowest BCUT2D eigenvalue weighted by Gasteiger charge is -2.08. The quantitative estimate of drug-likeness (QED) is 0.399. The van der Waals surface area contributed by atoms with Crippen molar-refractivity contribution < 1.29 is 14.6 Å². The molecular weight excluding hydrogens is 338 g/mol. The van der Waals surface area contributed by atoms with Crippen molar-refractivity contribution >= 4 is 29.2 Å². The highest BCUT2D eigenvalue weighted by atomic mass is 32.1. The number of ether oxygens (including phenoxy) is 2. The predicted octanol–water partition coefficient (Wildman–Crippen LogP) is 3.51. The second-order valence-electron chi connectivity index (χ2n) is 5.12. The Balaban J connectivity index is 1.87. The molecule has 0 radical (unpaired) electrons. The molecule has 0 atom stereocenters. The van der Waals surface area contributed by atoms with E-state index < -0.39 is 0 Å². The molecule has 0 amide bonds. The average Bonchev–Trinajstić information content (AvgIpc) is 2.62. The third-order valence-electron chi connectivity index (χ3n) is 3.19. The minimum Gasteiger partial charge on any atom is -0.507 e. The van der Waals surface area contributed by atoms with E-state index in [4.69, 9.17) is 21.7 Å². The van der Waals surface area contributed by atoms with Crippen molar-refractivity contribution in [2.24, 2.45) is 5.10 Å². The highest BCUT2D eigenvalue weighted by Gasteiger charge is 2.02. The van der Waals surface area contributed by atoms with Gasteiger partial charge in [-0.25, -0.2) is 0 Å². The van der Waals surface area contributed by atoms with Crippen molar-refractivity contribution in [2.45, 2.75) is 13.3 Å². The van der Waals surface area contributed by atoms with E-state index in [1.54, 1.807) is 25.3 Å². The first kappa shape index (κ1) is 18.5. The number of aromatic hydroxyl groups is 1. The van der Waals surface area contributed by atoms with Crippen LogP contribution in [0.2, 0.25) is 0 Å². The number of nitrogens with zero attached hydrogens (tertiary/aromatic N) is 1. The van der Waals surface area contributed by atoms with Gasteiger partial charge in [-0.3, -0.25) is 5.43 Å². The predicted molar refractivity (Wildman–Crippen MR) is 104 cm³/mol. The molecule has 0 saturated carbocycles. The van der Waals surface area contributed by atoms with E-state index in [1.807, 2.05) is 31.2 Å². The van der Waals surface area contributed by atoms with E-state index in [0.29, 0.717) is 23.0 Å². The van der Waals surface area contributed by atoms with Crippen molar-refractivity contribution in [1.82, 2.24) is 5.43 Å². The van der Waals surface area contributed by atoms with E-state index in [1.165, 1.54) is 6.21 Å². The summed E-state index contributed by atoms with van der Waals surface area (Å²) in [7, 11) is 1.61. The summed E-state index contributed by atoms with van der Waals surface area (Å²) in [6.45, 7) is 2.63. The molecule has 0 aromatic heterocycles. The van der Waals surface area contributed by atoms with E-state index in [0.717, 1.165) is 17.9 Å². The standard InChI is InChI=1S/C18H21N3O3S/c1-3-10-24-16-7-4-13(17(22)11-16)12-19-21-18(25)20-14-5-8-15(23-2)9-6-14/h4-9,11-12,22H,3,10H2,1-2H3,(H2,20,21,25)/b19-12+. The van der Waals surface area contributed by atoms with Crippen molar-refractivity contribution in [3.05, 3.63) is 48.0 Å². The minimum absolute atomic E-state index is 0.0909. The Hall–Kier alpha value is -2.80. The molecular formula is C18H21N3O3S. The van der Waals surface area contributed by atoms with Gasteiger partial charge in [0.25, 0.3) is 0 Å². The summed E-state index contributed by atoms with van der Waals surface area (Å²) in [5.41, 5.74) is 4.07. The number of thiocarbonyl (C=S) groups is 1. The Morgan fingerprint density at radius 1 is 1.20 bits per heavy atom. The van der Waals surface area contributed by atoms with Crippen molar-refractivity contribution in [3.8, 4) is 17.2 Å². The topological polar surface area (TPSA) is 75.1 Å². The van der Waals surface area contributed by atoms with Gasteiger partial charge in [0.2, 0.25) is 0 Å². The van der Waals surface area contributed by atoms with Gasteiger partial charge in [0.1, 0.15) is 17.2 Å². The molecule has 0 saturated heterocycles. The minimum atomic E-state index is 0.0909. The van der Waals surface area contributed by atoms with Crippen LogP contribution in [0.5, 0.6) is 17.2 Å². The molecule has 0 aliphatic rings. The maximum Gasteiger partial charge on any atom is 0.191 e. The van der Waals surface area contributed by atoms with Crippen LogP contribution in [0.3, 0.4) is 0 Å². The van der Waals surface area contributed by atoms with E-state index in [-0.39, 0.29) is 5.75 Å². The number of nitrogens with one attached hydrogen (secondary N) is 2. The lowest BCUT2D eigenvalue weighted by atomic mass is 10.2. The lowest BCUT2D eigenvalue weighted by molar-refractivity contribution is 0.315. The van der Waals surface area contributed by atoms with E-state index >= 15 is 0 Å². The number of benzene rings is 2. The Bertz CT molecular complexity index is 733. The van der Waals surface area contributed by atoms with Gasteiger partial charge in [0.05, 0.1) is 19.9 Å². The maximum atomic E-state index is 9.98. The third-order valence-corrected chi connectivity index (χ3v) is 3.39. The number of hydrazone groups is 1. The van der Waals surface area contributed by atoms with Gasteiger partial charge in [-0.05, 0) is 55.0 Å². The molecule has 132 valence electrons. The van der Waals surface area contributed by atoms with Gasteiger partial charge in [0, 0.05) is 17.3 Å². The van der Waals surface area contributed by atoms with Gasteiger partial charge in [-0.2, -0.15) is 5.10 Å².